The number of hydrogen-bond donors (Lipinski definition) is 2. The van der Waals surface area contributed by atoms with Crippen molar-refractivity contribution in [3.63, 3.8) is 0 Å². The highest BCUT2D eigenvalue weighted by Crippen LogP contribution is 2.23. The number of halogens is 1. The first-order chi connectivity index (χ1) is 12.1. The van der Waals surface area contributed by atoms with Crippen LogP contribution < -0.4 is 10.6 Å². The fourth-order valence-corrected chi connectivity index (χ4v) is 2.43. The predicted octanol–water partition coefficient (Wildman–Crippen LogP) is 4.30. The summed E-state index contributed by atoms with van der Waals surface area (Å²) in [6, 6.07) is 15.3. The Bertz CT molecular complexity index is 866. The average molecular weight is 353 g/mol. The topological polar surface area (TPSA) is 66.9 Å². The van der Waals surface area contributed by atoms with E-state index in [9.17, 15) is 4.79 Å². The third-order valence-corrected chi connectivity index (χ3v) is 4.13. The second-order valence-corrected chi connectivity index (χ2v) is 5.91. The zero-order chi connectivity index (χ0) is 17.6. The predicted molar refractivity (Wildman–Crippen MR) is 99.9 cm³/mol. The molecule has 0 atom stereocenters. The molecule has 0 aliphatic carbocycles. The monoisotopic (exact) mass is 352 g/mol. The van der Waals surface area contributed by atoms with E-state index in [1.54, 1.807) is 18.2 Å². The van der Waals surface area contributed by atoms with Crippen molar-refractivity contribution in [3.8, 4) is 0 Å². The molecule has 0 bridgehead atoms. The van der Waals surface area contributed by atoms with Gasteiger partial charge in [-0.15, -0.1) is 0 Å². The molecule has 0 radical (unpaired) electrons. The molecule has 25 heavy (non-hydrogen) atoms. The maximum Gasteiger partial charge on any atom is 0.258 e. The van der Waals surface area contributed by atoms with Gasteiger partial charge < -0.3 is 10.6 Å². The van der Waals surface area contributed by atoms with E-state index < -0.39 is 0 Å². The number of nitrogens with zero attached hydrogens (tertiary/aromatic N) is 2. The van der Waals surface area contributed by atoms with Gasteiger partial charge in [0.1, 0.15) is 0 Å². The molecule has 0 saturated heterocycles. The van der Waals surface area contributed by atoms with Gasteiger partial charge in [-0.25, -0.2) is 9.97 Å². The molecule has 0 unspecified atom stereocenters. The number of aromatic nitrogens is 2. The summed E-state index contributed by atoms with van der Waals surface area (Å²) in [4.78, 5) is 20.7. The number of amides is 1. The van der Waals surface area contributed by atoms with Crippen LogP contribution in [0.15, 0.2) is 60.9 Å². The first kappa shape index (κ1) is 16.9. The second kappa shape index (κ2) is 7.77. The zero-order valence-electron chi connectivity index (χ0n) is 13.7. The molecule has 0 saturated carbocycles. The third-order valence-electron chi connectivity index (χ3n) is 3.72. The molecule has 126 valence electrons. The number of benzene rings is 2. The first-order valence-electron chi connectivity index (χ1n) is 7.80. The van der Waals surface area contributed by atoms with Crippen LogP contribution in [0.2, 0.25) is 5.02 Å². The molecular weight excluding hydrogens is 336 g/mol. The van der Waals surface area contributed by atoms with Crippen LogP contribution >= 0.6 is 11.6 Å². The van der Waals surface area contributed by atoms with Gasteiger partial charge in [-0.05, 0) is 30.2 Å². The Balaban J connectivity index is 1.63. The van der Waals surface area contributed by atoms with Crippen molar-refractivity contribution in [2.24, 2.45) is 0 Å². The lowest BCUT2D eigenvalue weighted by Crippen LogP contribution is -2.14. The highest BCUT2D eigenvalue weighted by molar-refractivity contribution is 6.31. The molecule has 0 aliphatic heterocycles. The van der Waals surface area contributed by atoms with Crippen LogP contribution in [0.1, 0.15) is 21.5 Å². The van der Waals surface area contributed by atoms with Crippen LogP contribution in [0.4, 0.5) is 11.6 Å². The number of carbonyl (C=O) groups is 1. The highest BCUT2D eigenvalue weighted by atomic mass is 35.5. The lowest BCUT2D eigenvalue weighted by atomic mass is 10.2. The Morgan fingerprint density at radius 2 is 1.76 bits per heavy atom. The van der Waals surface area contributed by atoms with E-state index in [1.807, 2.05) is 37.3 Å². The summed E-state index contributed by atoms with van der Waals surface area (Å²) in [6.45, 7) is 2.47. The third kappa shape index (κ3) is 4.33. The second-order valence-electron chi connectivity index (χ2n) is 5.50. The van der Waals surface area contributed by atoms with E-state index >= 15 is 0 Å². The molecule has 0 spiro atoms. The average Bonchev–Trinajstić information content (AvgIpc) is 2.65. The van der Waals surface area contributed by atoms with Crippen LogP contribution in [-0.4, -0.2) is 15.9 Å². The summed E-state index contributed by atoms with van der Waals surface area (Å²) < 4.78 is 0. The van der Waals surface area contributed by atoms with Crippen molar-refractivity contribution in [1.29, 1.82) is 0 Å². The molecule has 0 fully saturated rings. The molecule has 2 N–H and O–H groups in total. The molecule has 5 nitrogen and oxygen atoms in total. The maximum absolute atomic E-state index is 12.3. The van der Waals surface area contributed by atoms with Crippen molar-refractivity contribution in [3.05, 3.63) is 82.6 Å². The Hall–Kier alpha value is -2.92. The van der Waals surface area contributed by atoms with E-state index in [0.29, 0.717) is 28.8 Å². The van der Waals surface area contributed by atoms with Crippen molar-refractivity contribution >= 4 is 29.1 Å². The summed E-state index contributed by atoms with van der Waals surface area (Å²) in [5.41, 5.74) is 3.00. The van der Waals surface area contributed by atoms with Gasteiger partial charge in [-0.3, -0.25) is 4.79 Å². The van der Waals surface area contributed by atoms with Crippen molar-refractivity contribution < 1.29 is 4.79 Å². The molecule has 1 aromatic heterocycles. The minimum atomic E-state index is -0.278. The van der Waals surface area contributed by atoms with Crippen LogP contribution in [-0.2, 0) is 6.54 Å². The fourth-order valence-electron chi connectivity index (χ4n) is 2.25. The van der Waals surface area contributed by atoms with Gasteiger partial charge in [0.25, 0.3) is 5.91 Å². The number of carbonyl (C=O) groups excluding carboxylic acids is 1. The van der Waals surface area contributed by atoms with Crippen molar-refractivity contribution in [2.75, 3.05) is 10.6 Å². The highest BCUT2D eigenvalue weighted by Gasteiger charge is 2.10. The largest absolute Gasteiger partial charge is 0.350 e. The lowest BCUT2D eigenvalue weighted by molar-refractivity contribution is 0.102. The van der Waals surface area contributed by atoms with Gasteiger partial charge in [0.15, 0.2) is 0 Å². The maximum atomic E-state index is 12.3. The van der Waals surface area contributed by atoms with Gasteiger partial charge in [0.2, 0.25) is 5.95 Å². The Kier molecular flexibility index (Phi) is 5.26. The summed E-state index contributed by atoms with van der Waals surface area (Å²) in [5.74, 6) is 0.194. The van der Waals surface area contributed by atoms with Crippen LogP contribution in [0.5, 0.6) is 0 Å². The normalized spacial score (nSPS) is 10.3. The van der Waals surface area contributed by atoms with Crippen LogP contribution in [0.25, 0.3) is 0 Å². The minimum Gasteiger partial charge on any atom is -0.350 e. The van der Waals surface area contributed by atoms with E-state index in [-0.39, 0.29) is 5.91 Å². The summed E-state index contributed by atoms with van der Waals surface area (Å²) in [5, 5.41) is 6.55. The molecule has 2 aromatic carbocycles. The zero-order valence-corrected chi connectivity index (χ0v) is 14.4. The Morgan fingerprint density at radius 1 is 1.04 bits per heavy atom. The molecule has 0 aliphatic rings. The smallest absolute Gasteiger partial charge is 0.258 e. The lowest BCUT2D eigenvalue weighted by Gasteiger charge is -2.09. The summed E-state index contributed by atoms with van der Waals surface area (Å²) >= 11 is 6.07. The van der Waals surface area contributed by atoms with Gasteiger partial charge in [-0.1, -0.05) is 48.0 Å². The molecule has 1 heterocycles. The van der Waals surface area contributed by atoms with Gasteiger partial charge >= 0.3 is 0 Å². The molecule has 3 aromatic rings. The van der Waals surface area contributed by atoms with E-state index in [0.717, 1.165) is 11.1 Å². The van der Waals surface area contributed by atoms with Gasteiger partial charge in [0, 0.05) is 29.6 Å². The molecule has 6 heteroatoms. The van der Waals surface area contributed by atoms with E-state index in [4.69, 9.17) is 11.6 Å². The number of nitrogens with one attached hydrogen (secondary N) is 2. The summed E-state index contributed by atoms with van der Waals surface area (Å²) in [6.07, 6.45) is 2.99. The quantitative estimate of drug-likeness (QED) is 0.718. The van der Waals surface area contributed by atoms with Crippen LogP contribution in [0.3, 0.4) is 0 Å². The van der Waals surface area contributed by atoms with E-state index in [2.05, 4.69) is 20.6 Å². The molecule has 3 rings (SSSR count). The van der Waals surface area contributed by atoms with E-state index in [1.165, 1.54) is 12.4 Å². The van der Waals surface area contributed by atoms with Crippen molar-refractivity contribution in [1.82, 2.24) is 9.97 Å². The standard InChI is InChI=1S/C19H17ClN4O/c1-13-16(20)8-5-9-17(13)24-18(25)15-11-22-19(23-12-15)21-10-14-6-3-2-4-7-14/h2-9,11-12H,10H2,1H3,(H,24,25)(H,21,22,23). The Morgan fingerprint density at radius 3 is 2.48 bits per heavy atom. The summed E-state index contributed by atoms with van der Waals surface area (Å²) in [7, 11) is 0. The van der Waals surface area contributed by atoms with Gasteiger partial charge in [-0.2, -0.15) is 0 Å². The SMILES string of the molecule is Cc1c(Cl)cccc1NC(=O)c1cnc(NCc2ccccc2)nc1. The Labute approximate surface area is 151 Å². The molecular formula is C19H17ClN4O. The molecule has 1 amide bonds. The van der Waals surface area contributed by atoms with Crippen LogP contribution in [0, 0.1) is 6.92 Å². The fraction of sp³-hybridized carbons (Fsp3) is 0.105. The number of anilines is 2. The first-order valence-corrected chi connectivity index (χ1v) is 8.17. The van der Waals surface area contributed by atoms with Crippen molar-refractivity contribution in [2.45, 2.75) is 13.5 Å². The van der Waals surface area contributed by atoms with Gasteiger partial charge in [0.05, 0.1) is 5.56 Å². The number of rotatable bonds is 5. The number of hydrogen-bond acceptors (Lipinski definition) is 4. The minimum absolute atomic E-state index is 0.278.